The Kier molecular flexibility index (Phi) is 12.6. The van der Waals surface area contributed by atoms with Gasteiger partial charge in [-0.3, -0.25) is 56.0 Å². The topological polar surface area (TPSA) is 429 Å². The molecule has 0 fully saturated rings. The molecule has 24 rings (SSSR count). The van der Waals surface area contributed by atoms with E-state index in [1.807, 2.05) is 0 Å². The molecule has 8 aromatic heterocycles. The molecule has 32 nitrogen and oxygen atoms in total. The van der Waals surface area contributed by atoms with Gasteiger partial charge in [-0.2, -0.15) is 0 Å². The van der Waals surface area contributed by atoms with Crippen molar-refractivity contribution in [3.05, 3.63) is 204 Å². The molecular formula is C72H24N8O24S6. The Balaban J connectivity index is 0.000000132. The number of hydrogen-bond donors (Lipinski definition) is 4. The van der Waals surface area contributed by atoms with E-state index >= 15 is 0 Å². The van der Waals surface area contributed by atoms with Crippen LogP contribution in [0.3, 0.4) is 0 Å². The fourth-order valence-electron chi connectivity index (χ4n) is 17.5. The van der Waals surface area contributed by atoms with Gasteiger partial charge in [0.2, 0.25) is 19.7 Å². The minimum atomic E-state index is -4.46. The second-order valence-electron chi connectivity index (χ2n) is 26.2. The van der Waals surface area contributed by atoms with Gasteiger partial charge in [0.1, 0.15) is 22.6 Å². The first kappa shape index (κ1) is 64.3. The van der Waals surface area contributed by atoms with E-state index in [0.29, 0.717) is 112 Å². The predicted molar refractivity (Wildman–Crippen MR) is 401 cm³/mol. The van der Waals surface area contributed by atoms with Crippen LogP contribution in [0.2, 0.25) is 0 Å². The Bertz CT molecular complexity index is 8420. The average molecular weight is 1580 g/mol. The molecule has 0 spiro atoms. The van der Waals surface area contributed by atoms with Gasteiger partial charge in [-0.1, -0.05) is 20.2 Å². The van der Waals surface area contributed by atoms with E-state index in [-0.39, 0.29) is 171 Å². The van der Waals surface area contributed by atoms with Gasteiger partial charge in [0.15, 0.2) is 21.7 Å². The van der Waals surface area contributed by atoms with E-state index in [1.165, 1.54) is 54.0 Å². The molecular weight excluding hydrogens is 1550 g/mol. The number of rotatable bonds is 12. The summed E-state index contributed by atoms with van der Waals surface area (Å²) in [4.78, 5) is 135. The second-order valence-corrected chi connectivity index (χ2v) is 33.1. The molecule has 0 radical (unpaired) electrons. The van der Waals surface area contributed by atoms with Crippen LogP contribution in [0.5, 0.6) is 0 Å². The summed E-state index contributed by atoms with van der Waals surface area (Å²) in [6.07, 6.45) is 0. The van der Waals surface area contributed by atoms with Crippen molar-refractivity contribution >= 4 is 264 Å². The highest BCUT2D eigenvalue weighted by Crippen LogP contribution is 2.56. The zero-order chi connectivity index (χ0) is 74.8. The number of fused-ring (bicyclic) bond motifs is 18. The number of nitrogens with zero attached hydrogens (tertiary/aromatic N) is 8. The molecule has 2 aliphatic heterocycles. The van der Waals surface area contributed by atoms with Crippen LogP contribution in [0.1, 0.15) is 0 Å². The molecule has 532 valence electrons. The van der Waals surface area contributed by atoms with E-state index in [1.54, 1.807) is 72.8 Å². The molecule has 38 heteroatoms. The quantitative estimate of drug-likeness (QED) is 0.0290. The highest BCUT2D eigenvalue weighted by atomic mass is 32.2. The van der Waals surface area contributed by atoms with Crippen LogP contribution in [-0.4, -0.2) is 75.4 Å². The van der Waals surface area contributed by atoms with E-state index in [4.69, 9.17) is 31.0 Å². The monoisotopic (exact) mass is 1580 g/mol. The van der Waals surface area contributed by atoms with Crippen molar-refractivity contribution in [2.75, 3.05) is 0 Å². The van der Waals surface area contributed by atoms with Gasteiger partial charge in [-0.05, 0) is 121 Å². The second kappa shape index (κ2) is 21.6. The molecule has 4 N–H and O–H groups in total. The fourth-order valence-corrected chi connectivity index (χ4v) is 22.5. The van der Waals surface area contributed by atoms with Crippen LogP contribution >= 0.6 is 48.2 Å². The number of benzene rings is 14. The molecule has 0 aliphatic carbocycles. The third kappa shape index (κ3) is 7.73. The minimum Gasteiger partial charge on any atom is -0.289 e. The Morgan fingerprint density at radius 2 is 0.482 bits per heavy atom. The minimum absolute atomic E-state index is 0.00826. The summed E-state index contributed by atoms with van der Waals surface area (Å²) in [5.41, 5.74) is -1.76. The zero-order valence-corrected chi connectivity index (χ0v) is 58.4. The lowest BCUT2D eigenvalue weighted by molar-refractivity contribution is -0.432. The number of hydrogen-bond acceptors (Lipinski definition) is 32. The van der Waals surface area contributed by atoms with Crippen LogP contribution < -0.4 is 44.0 Å². The lowest BCUT2D eigenvalue weighted by Crippen LogP contribution is -2.18. The molecule has 110 heavy (non-hydrogen) atoms. The summed E-state index contributed by atoms with van der Waals surface area (Å²) in [5, 5.41) is 52.5. The summed E-state index contributed by atoms with van der Waals surface area (Å²) in [6, 6.07) is 29.5. The molecule has 0 atom stereocenters. The first-order chi connectivity index (χ1) is 53.2. The lowest BCUT2D eigenvalue weighted by atomic mass is 9.86. The Morgan fingerprint density at radius 3 is 0.727 bits per heavy atom. The maximum Gasteiger partial charge on any atom is 0.264 e. The van der Waals surface area contributed by atoms with Crippen LogP contribution in [-0.2, 0) is 57.2 Å². The molecule has 0 unspecified atom stereocenters. The largest absolute Gasteiger partial charge is 0.289 e. The standard InChI is InChI=1S/2C36H12N4O12S3/c41-21-7-15-25-13(33-37-17-3-1-11(53-51-49-45)5-19(17)39(33)35(15)43)9-23-29-30-24(55(23,47)48)10-14-26-16(8-22(42)28(32(26)30)27(21)31(25)29)36(44)40-20-6-12(54-52-50-46)2-4-18(20)38-34(14)40;41-21-7-13-25-15(35(43)39-19-5-11(53-51-49-45)1-3-17(19)37-33(13)39)9-23-29-30-24(55(23,47)48)10-16-26-14(8-22(42)28(32(26)30)27(21)31(25)29)34-38-18-4-2-12(54-52-50-46)6-20(18)40(34)36(16)44/h2*1-10,45-46H. The van der Waals surface area contributed by atoms with E-state index in [9.17, 15) is 55.2 Å². The van der Waals surface area contributed by atoms with Crippen LogP contribution in [0.15, 0.2) is 199 Å². The highest BCUT2D eigenvalue weighted by molar-refractivity contribution is 7.95. The zero-order valence-electron chi connectivity index (χ0n) is 53.5. The lowest BCUT2D eigenvalue weighted by Gasteiger charge is -2.16. The first-order valence-electron chi connectivity index (χ1n) is 32.0. The van der Waals surface area contributed by atoms with Gasteiger partial charge in [-0.25, -0.2) is 57.8 Å². The predicted octanol–water partition coefficient (Wildman–Crippen LogP) is 10.8. The third-order valence-electron chi connectivity index (χ3n) is 21.3. The third-order valence-corrected chi connectivity index (χ3v) is 27.2. The number of sulfone groups is 2. The Hall–Kier alpha value is -11.7. The fraction of sp³-hybridized carbons (Fsp3) is 0. The summed E-state index contributed by atoms with van der Waals surface area (Å²) >= 11 is 2.67. The molecule has 0 amide bonds. The van der Waals surface area contributed by atoms with Crippen molar-refractivity contribution in [2.45, 2.75) is 39.2 Å². The van der Waals surface area contributed by atoms with Gasteiger partial charge in [0, 0.05) is 127 Å². The number of imidazole rings is 4. The maximum atomic E-state index is 14.8. The van der Waals surface area contributed by atoms with Gasteiger partial charge in [-0.15, -0.1) is 17.3 Å². The van der Waals surface area contributed by atoms with Crippen molar-refractivity contribution in [3.63, 3.8) is 0 Å². The molecule has 22 aromatic rings. The maximum absolute atomic E-state index is 14.8. The molecule has 10 heterocycles. The molecule has 0 bridgehead atoms. The Labute approximate surface area is 615 Å². The van der Waals surface area contributed by atoms with Crippen LogP contribution in [0.4, 0.5) is 0 Å². The molecule has 0 saturated carbocycles. The SMILES string of the molecule is O=c1cc2c(=O)n3c4cc(SOOO)ccc4nc3c3cc4c5c6c(cc7c8c(cc(=O)c(c1c5c23)c68)c(=O)n1c2cc(SOOO)ccc2nc71)S4(=O)=O.O=c1cc2c3c(cc4c5c6c(cc7c(=O)n8c9cc(SOOO)ccc9nc8c8cc(=O)c(c1c53)c6c78)S4(=O)=O)c(=O)n1c3cc(SOOO)ccc3nc21. The van der Waals surface area contributed by atoms with Gasteiger partial charge < -0.3 is 0 Å². The van der Waals surface area contributed by atoms with Crippen molar-refractivity contribution in [3.8, 4) is 0 Å². The van der Waals surface area contributed by atoms with Gasteiger partial charge in [0.25, 0.3) is 22.2 Å². The van der Waals surface area contributed by atoms with Crippen molar-refractivity contribution in [2.24, 2.45) is 0 Å². The number of aromatic nitrogens is 8. The van der Waals surface area contributed by atoms with Gasteiger partial charge >= 0.3 is 0 Å². The van der Waals surface area contributed by atoms with Crippen molar-refractivity contribution in [1.29, 1.82) is 0 Å². The van der Waals surface area contributed by atoms with E-state index < -0.39 is 63.6 Å². The van der Waals surface area contributed by atoms with Crippen molar-refractivity contribution < 1.29 is 75.4 Å². The van der Waals surface area contributed by atoms with Gasteiger partial charge in [0.05, 0.1) is 133 Å². The van der Waals surface area contributed by atoms with Crippen LogP contribution in [0.25, 0.3) is 196 Å². The highest BCUT2D eigenvalue weighted by Gasteiger charge is 2.42. The van der Waals surface area contributed by atoms with Crippen LogP contribution in [0, 0.1) is 0 Å². The summed E-state index contributed by atoms with van der Waals surface area (Å²) in [6.45, 7) is 0. The number of pyridine rings is 4. The van der Waals surface area contributed by atoms with Crippen molar-refractivity contribution in [1.82, 2.24) is 37.5 Å². The molecule has 2 aliphatic rings. The smallest absolute Gasteiger partial charge is 0.264 e. The summed E-state index contributed by atoms with van der Waals surface area (Å²) in [7, 11) is -8.84. The van der Waals surface area contributed by atoms with E-state index in [0.717, 1.165) is 12.1 Å². The summed E-state index contributed by atoms with van der Waals surface area (Å²) in [5.74, 6) is 0. The first-order valence-corrected chi connectivity index (χ1v) is 38.0. The average Bonchev–Trinajstić information content (AvgIpc) is 1.31. The normalized spacial score (nSPS) is 14.3. The van der Waals surface area contributed by atoms with E-state index in [2.05, 4.69) is 47.5 Å². The molecule has 14 aromatic carbocycles. The summed E-state index contributed by atoms with van der Waals surface area (Å²) < 4.78 is 82.4. The Morgan fingerprint density at radius 1 is 0.264 bits per heavy atom. The molecule has 0 saturated heterocycles.